The van der Waals surface area contributed by atoms with Crippen LogP contribution >= 0.6 is 11.6 Å². The van der Waals surface area contributed by atoms with E-state index < -0.39 is 29.8 Å². The number of nitro groups is 4. The van der Waals surface area contributed by atoms with Crippen LogP contribution in [0.25, 0.3) is 0 Å². The first-order valence-electron chi connectivity index (χ1n) is 35.9. The molecule has 5 atom stereocenters. The lowest BCUT2D eigenvalue weighted by Gasteiger charge is -2.38. The Kier molecular flexibility index (Phi) is 32.4. The Morgan fingerprint density at radius 3 is 1.20 bits per heavy atom. The van der Waals surface area contributed by atoms with Gasteiger partial charge in [0.05, 0.1) is 11.5 Å². The highest BCUT2D eigenvalue weighted by Gasteiger charge is 2.36. The number of hydrogen-bond acceptors (Lipinski definition) is 27. The summed E-state index contributed by atoms with van der Waals surface area (Å²) in [6, 6.07) is 29.2. The van der Waals surface area contributed by atoms with Gasteiger partial charge in [0, 0.05) is 151 Å². The molecule has 38 heteroatoms. The molecule has 5 amide bonds. The van der Waals surface area contributed by atoms with Gasteiger partial charge in [-0.2, -0.15) is 8.42 Å². The van der Waals surface area contributed by atoms with Crippen LogP contribution in [0, 0.1) is 77.0 Å². The van der Waals surface area contributed by atoms with Crippen molar-refractivity contribution in [1.29, 1.82) is 0 Å². The maximum absolute atomic E-state index is 12.3. The van der Waals surface area contributed by atoms with Gasteiger partial charge in [-0.1, -0.05) is 23.8 Å². The van der Waals surface area contributed by atoms with Gasteiger partial charge in [0.15, 0.2) is 0 Å². The molecule has 8 saturated heterocycles. The van der Waals surface area contributed by atoms with E-state index in [1.54, 1.807) is 46.2 Å². The van der Waals surface area contributed by atoms with Crippen molar-refractivity contribution in [2.75, 3.05) is 130 Å². The van der Waals surface area contributed by atoms with Crippen LogP contribution in [0.4, 0.5) is 52.4 Å². The lowest BCUT2D eigenvalue weighted by atomic mass is 9.95. The number of anilines is 5. The number of rotatable bonds is 18. The van der Waals surface area contributed by atoms with Gasteiger partial charge in [0.25, 0.3) is 10.1 Å². The van der Waals surface area contributed by atoms with Crippen molar-refractivity contribution >= 4 is 104 Å². The predicted molar refractivity (Wildman–Crippen MR) is 401 cm³/mol. The molecule has 8 aliphatic rings. The zero-order valence-corrected chi connectivity index (χ0v) is 61.9. The molecule has 14 rings (SSSR count). The van der Waals surface area contributed by atoms with Crippen LogP contribution < -0.4 is 36.0 Å². The second kappa shape index (κ2) is 41.9. The van der Waals surface area contributed by atoms with Gasteiger partial charge < -0.3 is 76.8 Å². The summed E-state index contributed by atoms with van der Waals surface area (Å²) in [6.45, 7) is 13.8. The number of nitrogen functional groups attached to an aromatic ring is 1. The average Bonchev–Trinajstić information content (AvgIpc) is 0.825. The number of piperidine rings is 5. The first kappa shape index (κ1) is 84.3. The van der Waals surface area contributed by atoms with E-state index in [4.69, 9.17) is 31.7 Å². The van der Waals surface area contributed by atoms with Crippen molar-refractivity contribution in [3.8, 4) is 0 Å². The van der Waals surface area contributed by atoms with E-state index in [-0.39, 0.29) is 119 Å². The summed E-state index contributed by atoms with van der Waals surface area (Å²) in [5.41, 5.74) is 6.63. The van der Waals surface area contributed by atoms with Gasteiger partial charge in [-0.15, -0.1) is 0 Å². The van der Waals surface area contributed by atoms with E-state index in [0.717, 1.165) is 57.5 Å². The normalized spacial score (nSPS) is 20.5. The summed E-state index contributed by atoms with van der Waals surface area (Å²) in [7, 11) is -3.90. The number of likely N-dealkylation sites (tertiary alicyclic amines) is 2. The van der Waals surface area contributed by atoms with Gasteiger partial charge in [-0.3, -0.25) is 47.8 Å². The fourth-order valence-electron chi connectivity index (χ4n) is 12.1. The van der Waals surface area contributed by atoms with Crippen LogP contribution in [0.15, 0.2) is 120 Å². The maximum atomic E-state index is 12.3. The Morgan fingerprint density at radius 2 is 0.853 bits per heavy atom. The molecule has 1 aromatic carbocycles. The molecule has 0 spiro atoms. The van der Waals surface area contributed by atoms with E-state index >= 15 is 0 Å². The molecular formula is C71H91ClN18O18S. The summed E-state index contributed by atoms with van der Waals surface area (Å²) in [5, 5.41) is 66.1. The second-order valence-corrected chi connectivity index (χ2v) is 29.0. The third-order valence-corrected chi connectivity index (χ3v) is 20.3. The Bertz CT molecular complexity index is 4210. The summed E-state index contributed by atoms with van der Waals surface area (Å²) in [5.74, 6) is 1.89. The number of pyridine rings is 5. The summed E-state index contributed by atoms with van der Waals surface area (Å²) in [4.78, 5) is 129. The number of carbonyl (C=O) groups excluding carboxylic acids is 5. The number of carbonyl (C=O) groups is 5. The van der Waals surface area contributed by atoms with Crippen LogP contribution in [-0.4, -0.2) is 207 Å². The molecule has 109 heavy (non-hydrogen) atoms. The smallest absolute Gasteiger partial charge is 0.365 e. The Morgan fingerprint density at radius 1 is 0.495 bits per heavy atom. The van der Waals surface area contributed by atoms with Crippen molar-refractivity contribution in [3.63, 3.8) is 0 Å². The Balaban J connectivity index is 0.000000168. The Hall–Kier alpha value is -10.3. The Labute approximate surface area is 634 Å². The van der Waals surface area contributed by atoms with Crippen molar-refractivity contribution in [1.82, 2.24) is 45.4 Å². The number of aliphatic hydroxyl groups excluding tert-OH is 2. The van der Waals surface area contributed by atoms with Crippen LogP contribution in [0.3, 0.4) is 0 Å². The minimum atomic E-state index is -3.90. The second-order valence-electron chi connectivity index (χ2n) is 27.0. The zero-order chi connectivity index (χ0) is 78.6. The molecule has 5 unspecified atom stereocenters. The summed E-state index contributed by atoms with van der Waals surface area (Å²) < 4.78 is 29.8. The summed E-state index contributed by atoms with van der Waals surface area (Å²) >= 11 is 5.37. The van der Waals surface area contributed by atoms with E-state index in [1.807, 2.05) is 19.1 Å². The molecule has 0 saturated carbocycles. The van der Waals surface area contributed by atoms with E-state index in [0.29, 0.717) is 93.4 Å². The molecule has 0 radical (unpaired) electrons. The largest absolute Gasteiger partial charge is 0.396 e. The minimum absolute atomic E-state index is 0.00128. The van der Waals surface area contributed by atoms with E-state index in [1.165, 1.54) is 122 Å². The number of benzene rings is 1. The first-order valence-corrected chi connectivity index (χ1v) is 37.7. The van der Waals surface area contributed by atoms with Gasteiger partial charge in [0.2, 0.25) is 52.1 Å². The highest BCUT2D eigenvalue weighted by atomic mass is 35.5. The monoisotopic (exact) mass is 1550 g/mol. The van der Waals surface area contributed by atoms with E-state index in [2.05, 4.69) is 45.4 Å². The quantitative estimate of drug-likeness (QED) is 0.0254. The minimum Gasteiger partial charge on any atom is -0.396 e. The molecular weight excluding hydrogens is 1460 g/mol. The van der Waals surface area contributed by atoms with Crippen LogP contribution in [0.2, 0.25) is 5.15 Å². The molecule has 6 N–H and O–H groups in total. The molecule has 8 aliphatic heterocycles. The summed E-state index contributed by atoms with van der Waals surface area (Å²) in [6.07, 6.45) is 9.97. The van der Waals surface area contributed by atoms with Crippen molar-refractivity contribution in [2.45, 2.75) is 95.3 Å². The lowest BCUT2D eigenvalue weighted by Crippen LogP contribution is -2.47. The molecule has 586 valence electrons. The van der Waals surface area contributed by atoms with Gasteiger partial charge >= 0.3 is 23.3 Å². The molecule has 5 aromatic heterocycles. The SMILES string of the molecule is C1CNC1.Cc1ccc(S(=O)(=O)OCC2CCC(=O)N(c3cccc([N+](=O)[O-])n3)C2)cc1.Nc1cccc(N2CC(CN3CCC3)CCC2=O)n1.O=C1CCC(CN2CCC2)CN1c1cccc([N+](=O)[O-])n1.O=C1CCC(CO)CN1.O=C1CCC(CO)CN1c1cccc([N+](=O)[O-])n1.O=[N+]([O-])c1cccc(Cl)n1. The van der Waals surface area contributed by atoms with Gasteiger partial charge in [-0.25, -0.2) is 4.98 Å². The molecule has 0 bridgehead atoms. The van der Waals surface area contributed by atoms with Gasteiger partial charge in [-0.05, 0) is 215 Å². The number of aryl methyl sites for hydroxylation is 1. The standard InChI is InChI=1S/C18H19N3O6S.C14H18N4O3.C14H20N4O.C11H13N3O4.C6H11NO2.C5H3ClN2O2.C3H7N/c1-13-5-8-15(9-6-13)28(25,26)27-12-14-7-10-18(22)20(11-14)16-3-2-4-17(19-16)21(23)24;19-14-6-5-11(9-16-7-2-8-16)10-17(14)12-3-1-4-13(15-12)18(20)21;15-12-3-1-4-13(16-12)18-10-11(5-6-14(18)19)9-17-7-2-8-17;15-7-8-4-5-11(16)13(6-8)9-2-1-3-10(12-9)14(17)18;8-4-5-1-2-6(9)7-3-5;6-4-2-1-3-5(7-4)8(9)10;1-2-4-3-1/h2-6,8-9,14H,7,10-12H2,1H3;1,3-4,11H,2,5-10H2;1,3-4,11H,2,5-10H2,(H2,15,16);1-3,8,15H,4-7H2;5,8H,1-4H2,(H,7,9);1-3H;4H,1-3H2. The highest BCUT2D eigenvalue weighted by molar-refractivity contribution is 7.86. The van der Waals surface area contributed by atoms with Crippen LogP contribution in [0.1, 0.15) is 89.0 Å². The number of nitrogens with one attached hydrogen (secondary N) is 2. The first-order chi connectivity index (χ1) is 52.2. The predicted octanol–water partition coefficient (Wildman–Crippen LogP) is 6.85. The molecule has 8 fully saturated rings. The fraction of sp³-hybridized carbons (Fsp3) is 0.493. The van der Waals surface area contributed by atoms with Gasteiger partial charge in [0.1, 0.15) is 11.6 Å². The average molecular weight is 1550 g/mol. The number of halogens is 1. The lowest BCUT2D eigenvalue weighted by molar-refractivity contribution is -0.389. The van der Waals surface area contributed by atoms with Crippen molar-refractivity contribution < 1.29 is 66.5 Å². The molecule has 0 aliphatic carbocycles. The third-order valence-electron chi connectivity index (χ3n) is 18.8. The van der Waals surface area contributed by atoms with E-state index in [9.17, 15) is 72.8 Å². The number of aliphatic hydroxyl groups is 2. The van der Waals surface area contributed by atoms with Crippen LogP contribution in [-0.2, 0) is 38.3 Å². The number of amides is 5. The van der Waals surface area contributed by atoms with Crippen molar-refractivity contribution in [2.24, 2.45) is 29.6 Å². The number of nitrogens with two attached hydrogens (primary N) is 1. The fourth-order valence-corrected chi connectivity index (χ4v) is 13.3. The zero-order valence-electron chi connectivity index (χ0n) is 60.4. The van der Waals surface area contributed by atoms with Crippen LogP contribution in [0.5, 0.6) is 0 Å². The number of hydrogen-bond donors (Lipinski definition) is 5. The number of aromatic nitrogens is 5. The molecule has 36 nitrogen and oxygen atoms in total. The molecule has 13 heterocycles. The number of nitrogens with zero attached hydrogens (tertiary/aromatic N) is 15. The third kappa shape index (κ3) is 26.5. The topological polar surface area (TPSA) is 476 Å². The molecule has 6 aromatic rings. The highest BCUT2D eigenvalue weighted by Crippen LogP contribution is 2.31. The van der Waals surface area contributed by atoms with Crippen molar-refractivity contribution in [3.05, 3.63) is 166 Å². The maximum Gasteiger partial charge on any atom is 0.365 e.